The van der Waals surface area contributed by atoms with Crippen molar-refractivity contribution in [2.24, 2.45) is 0 Å². The molecule has 0 bridgehead atoms. The summed E-state index contributed by atoms with van der Waals surface area (Å²) in [5.41, 5.74) is 1.12. The first-order valence-electron chi connectivity index (χ1n) is 12.3. The lowest BCUT2D eigenvalue weighted by atomic mass is 9.85. The Bertz CT molecular complexity index is 2160. The number of benzene rings is 7. The number of ketones is 2. The number of hydrogen-bond donors (Lipinski definition) is 0. The lowest BCUT2D eigenvalue weighted by molar-refractivity contribution is 0.103. The lowest BCUT2D eigenvalue weighted by Gasteiger charge is -2.16. The Labute approximate surface area is 216 Å². The predicted molar refractivity (Wildman–Crippen MR) is 151 cm³/mol. The lowest BCUT2D eigenvalue weighted by Crippen LogP contribution is -2.13. The van der Waals surface area contributed by atoms with Gasteiger partial charge in [-0.15, -0.1) is 0 Å². The Morgan fingerprint density at radius 2 is 0.895 bits per heavy atom. The van der Waals surface area contributed by atoms with E-state index < -0.39 is 0 Å². The third-order valence-corrected chi connectivity index (χ3v) is 7.37. The van der Waals surface area contributed by atoms with Crippen molar-refractivity contribution in [1.29, 1.82) is 0 Å². The molecule has 0 saturated heterocycles. The summed E-state index contributed by atoms with van der Waals surface area (Å²) in [5.74, 6) is -0.404. The van der Waals surface area contributed by atoms with Gasteiger partial charge in [-0.3, -0.25) is 19.2 Å². The minimum absolute atomic E-state index is 0.156. The summed E-state index contributed by atoms with van der Waals surface area (Å²) < 4.78 is 0. The molecule has 0 N–H and O–H groups in total. The summed E-state index contributed by atoms with van der Waals surface area (Å²) in [6.45, 7) is 0. The molecule has 0 fully saturated rings. The van der Waals surface area contributed by atoms with E-state index in [9.17, 15) is 19.2 Å². The van der Waals surface area contributed by atoms with E-state index in [1.807, 2.05) is 48.5 Å². The summed E-state index contributed by atoms with van der Waals surface area (Å²) in [5, 5.41) is 4.53. The van der Waals surface area contributed by atoms with E-state index in [0.29, 0.717) is 43.8 Å². The van der Waals surface area contributed by atoms with Crippen molar-refractivity contribution in [1.82, 2.24) is 0 Å². The largest absolute Gasteiger partial charge is 0.289 e. The number of hydrogen-bond acceptors (Lipinski definition) is 4. The van der Waals surface area contributed by atoms with Gasteiger partial charge in [0.15, 0.2) is 22.4 Å². The molecule has 4 heteroatoms. The molecule has 178 valence electrons. The second-order valence-corrected chi connectivity index (χ2v) is 9.44. The van der Waals surface area contributed by atoms with Crippen LogP contribution in [0, 0.1) is 0 Å². The normalized spacial score (nSPS) is 11.6. The zero-order valence-corrected chi connectivity index (χ0v) is 20.0. The minimum atomic E-state index is -0.390. The van der Waals surface area contributed by atoms with Crippen molar-refractivity contribution in [3.8, 4) is 0 Å². The van der Waals surface area contributed by atoms with Gasteiger partial charge in [0.2, 0.25) is 0 Å². The quantitative estimate of drug-likeness (QED) is 0.164. The van der Waals surface area contributed by atoms with Crippen LogP contribution in [-0.2, 0) is 0 Å². The van der Waals surface area contributed by atoms with Gasteiger partial charge in [0.1, 0.15) is 0 Å². The Balaban J connectivity index is 1.63. The molecule has 7 aromatic rings. The average molecular weight is 491 g/mol. The smallest absolute Gasteiger partial charge is 0.193 e. The third kappa shape index (κ3) is 3.04. The van der Waals surface area contributed by atoms with Crippen LogP contribution in [-0.4, -0.2) is 11.6 Å². The molecule has 0 heterocycles. The van der Waals surface area contributed by atoms with Crippen molar-refractivity contribution >= 4 is 54.7 Å². The van der Waals surface area contributed by atoms with Gasteiger partial charge >= 0.3 is 0 Å². The van der Waals surface area contributed by atoms with Crippen molar-refractivity contribution in [2.45, 2.75) is 0 Å². The monoisotopic (exact) mass is 490 g/mol. The highest BCUT2D eigenvalue weighted by Gasteiger charge is 2.23. The first-order valence-corrected chi connectivity index (χ1v) is 12.3. The highest BCUT2D eigenvalue weighted by atomic mass is 16.1. The van der Waals surface area contributed by atoms with E-state index in [2.05, 4.69) is 0 Å². The van der Waals surface area contributed by atoms with Gasteiger partial charge in [-0.1, -0.05) is 84.9 Å². The van der Waals surface area contributed by atoms with Gasteiger partial charge in [0.05, 0.1) is 0 Å². The van der Waals surface area contributed by atoms with Crippen LogP contribution < -0.4 is 10.9 Å². The van der Waals surface area contributed by atoms with E-state index in [1.54, 1.807) is 48.5 Å². The average Bonchev–Trinajstić information content (AvgIpc) is 2.97. The molecule has 0 aromatic heterocycles. The topological polar surface area (TPSA) is 68.3 Å². The highest BCUT2D eigenvalue weighted by molar-refractivity contribution is 6.36. The number of carbonyl (C=O) groups is 2. The molecule has 0 aliphatic heterocycles. The number of fused-ring (bicyclic) bond motifs is 2. The molecule has 0 atom stereocenters. The van der Waals surface area contributed by atoms with Gasteiger partial charge in [-0.2, -0.15) is 0 Å². The van der Waals surface area contributed by atoms with Gasteiger partial charge < -0.3 is 0 Å². The van der Waals surface area contributed by atoms with E-state index in [-0.39, 0.29) is 33.2 Å². The maximum Gasteiger partial charge on any atom is 0.193 e. The van der Waals surface area contributed by atoms with Crippen LogP contribution in [0.15, 0.2) is 119 Å². The summed E-state index contributed by atoms with van der Waals surface area (Å²) in [7, 11) is 0. The predicted octanol–water partition coefficient (Wildman–Crippen LogP) is 6.36. The van der Waals surface area contributed by atoms with Crippen molar-refractivity contribution in [3.05, 3.63) is 152 Å². The van der Waals surface area contributed by atoms with E-state index >= 15 is 0 Å². The zero-order valence-electron chi connectivity index (χ0n) is 20.0. The Kier molecular flexibility index (Phi) is 4.72. The summed E-state index contributed by atoms with van der Waals surface area (Å²) in [4.78, 5) is 54.0. The van der Waals surface area contributed by atoms with Gasteiger partial charge in [0, 0.05) is 43.8 Å². The second-order valence-electron chi connectivity index (χ2n) is 9.44. The molecular weight excluding hydrogens is 472 g/mol. The van der Waals surface area contributed by atoms with Crippen LogP contribution in [0.25, 0.3) is 43.1 Å². The standard InChI is InChI=1S/C34H18O4/c35-27-17-16-24-25(33(37)19-8-3-1-4-9-19)15-14-23-21-12-7-13-22-26(34(38)20-10-5-2-6-11-20)18-28(36)32(29(21)22)31(27)30(23)24/h1-18H. The second kappa shape index (κ2) is 8.15. The van der Waals surface area contributed by atoms with E-state index in [0.717, 1.165) is 10.8 Å². The summed E-state index contributed by atoms with van der Waals surface area (Å²) in [6, 6.07) is 31.5. The van der Waals surface area contributed by atoms with E-state index in [4.69, 9.17) is 0 Å². The van der Waals surface area contributed by atoms with Crippen LogP contribution in [0.2, 0.25) is 0 Å². The maximum atomic E-state index is 13.7. The fraction of sp³-hybridized carbons (Fsp3) is 0. The van der Waals surface area contributed by atoms with E-state index in [1.165, 1.54) is 12.1 Å². The van der Waals surface area contributed by atoms with Crippen molar-refractivity contribution in [2.75, 3.05) is 0 Å². The molecule has 0 radical (unpaired) electrons. The molecule has 0 amide bonds. The summed E-state index contributed by atoms with van der Waals surface area (Å²) >= 11 is 0. The van der Waals surface area contributed by atoms with Crippen LogP contribution in [0.1, 0.15) is 31.8 Å². The minimum Gasteiger partial charge on any atom is -0.289 e. The Morgan fingerprint density at radius 1 is 0.395 bits per heavy atom. The molecule has 7 aromatic carbocycles. The third-order valence-electron chi connectivity index (χ3n) is 7.37. The molecule has 0 aliphatic carbocycles. The Morgan fingerprint density at radius 3 is 1.55 bits per heavy atom. The molecule has 0 aliphatic rings. The number of rotatable bonds is 4. The molecule has 0 spiro atoms. The van der Waals surface area contributed by atoms with Crippen LogP contribution in [0.5, 0.6) is 0 Å². The SMILES string of the molecule is O=C(c1ccccc1)c1ccc2c3cccc4c(C(=O)c5ccccc5)cc(=O)c(c5c(=O)ccc1c25)c43. The first kappa shape index (κ1) is 22.0. The molecule has 0 saturated carbocycles. The highest BCUT2D eigenvalue weighted by Crippen LogP contribution is 2.40. The molecule has 0 unspecified atom stereocenters. The van der Waals surface area contributed by atoms with Gasteiger partial charge in [-0.25, -0.2) is 0 Å². The van der Waals surface area contributed by atoms with Gasteiger partial charge in [0.25, 0.3) is 0 Å². The first-order chi connectivity index (χ1) is 18.5. The van der Waals surface area contributed by atoms with Crippen LogP contribution in [0.4, 0.5) is 0 Å². The van der Waals surface area contributed by atoms with Crippen molar-refractivity contribution < 1.29 is 9.59 Å². The Hall–Kier alpha value is -5.22. The maximum absolute atomic E-state index is 13.7. The zero-order chi connectivity index (χ0) is 26.0. The fourth-order valence-electron chi connectivity index (χ4n) is 5.70. The molecular formula is C34H18O4. The van der Waals surface area contributed by atoms with Crippen molar-refractivity contribution in [3.63, 3.8) is 0 Å². The van der Waals surface area contributed by atoms with Crippen LogP contribution >= 0.6 is 0 Å². The molecule has 38 heavy (non-hydrogen) atoms. The molecule has 7 rings (SSSR count). The van der Waals surface area contributed by atoms with Crippen LogP contribution in [0.3, 0.4) is 0 Å². The fourth-order valence-corrected chi connectivity index (χ4v) is 5.70. The van der Waals surface area contributed by atoms with Gasteiger partial charge in [-0.05, 0) is 45.8 Å². The molecule has 4 nitrogen and oxygen atoms in total. The number of carbonyl (C=O) groups excluding carboxylic acids is 2. The summed E-state index contributed by atoms with van der Waals surface area (Å²) in [6.07, 6.45) is 0.